The summed E-state index contributed by atoms with van der Waals surface area (Å²) in [5, 5.41) is 0. The standard InChI is InChI=1S/C17H24BrN5O3/c1-5-11-13(14(24)23-12(18)10-19-15(23)20-11)21-6-8-22(9-7-21)16(25)26-17(2,3)4/h10H,5-9H2,1-4H3,(H,19,20). The second-order valence-corrected chi connectivity index (χ2v) is 8.12. The number of aromatic nitrogens is 3. The number of hydrogen-bond donors (Lipinski definition) is 1. The first-order valence-corrected chi connectivity index (χ1v) is 9.51. The number of carbonyl (C=O) groups is 1. The van der Waals surface area contributed by atoms with Gasteiger partial charge < -0.3 is 19.5 Å². The van der Waals surface area contributed by atoms with Gasteiger partial charge in [-0.2, -0.15) is 0 Å². The van der Waals surface area contributed by atoms with Crippen LogP contribution in [0.5, 0.6) is 0 Å². The Hall–Kier alpha value is -2.03. The molecule has 0 aromatic carbocycles. The molecule has 1 fully saturated rings. The molecule has 3 rings (SSSR count). The maximum Gasteiger partial charge on any atom is 0.410 e. The van der Waals surface area contributed by atoms with E-state index in [2.05, 4.69) is 25.9 Å². The average Bonchev–Trinajstić information content (AvgIpc) is 2.94. The first-order chi connectivity index (χ1) is 12.2. The fraction of sp³-hybridized carbons (Fsp3) is 0.588. The van der Waals surface area contributed by atoms with E-state index in [4.69, 9.17) is 4.74 Å². The maximum absolute atomic E-state index is 13.0. The minimum atomic E-state index is -0.514. The van der Waals surface area contributed by atoms with E-state index in [1.807, 2.05) is 32.6 Å². The van der Waals surface area contributed by atoms with Crippen molar-refractivity contribution in [3.05, 3.63) is 26.8 Å². The number of fused-ring (bicyclic) bond motifs is 1. The van der Waals surface area contributed by atoms with E-state index in [0.717, 1.165) is 5.69 Å². The van der Waals surface area contributed by atoms with Crippen LogP contribution < -0.4 is 10.5 Å². The van der Waals surface area contributed by atoms with Crippen molar-refractivity contribution in [3.8, 4) is 0 Å². The number of hydrogen-bond acceptors (Lipinski definition) is 5. The van der Waals surface area contributed by atoms with Crippen LogP contribution in [-0.2, 0) is 11.2 Å². The van der Waals surface area contributed by atoms with Gasteiger partial charge in [-0.1, -0.05) is 6.92 Å². The number of aromatic amines is 1. The Labute approximate surface area is 160 Å². The van der Waals surface area contributed by atoms with Crippen molar-refractivity contribution in [1.29, 1.82) is 0 Å². The van der Waals surface area contributed by atoms with Crippen molar-refractivity contribution >= 4 is 33.5 Å². The number of nitrogens with zero attached hydrogens (tertiary/aromatic N) is 4. The molecule has 0 bridgehead atoms. The number of halogens is 1. The molecule has 2 aromatic heterocycles. The molecule has 1 aliphatic heterocycles. The van der Waals surface area contributed by atoms with Crippen molar-refractivity contribution < 1.29 is 9.53 Å². The van der Waals surface area contributed by atoms with E-state index < -0.39 is 5.60 Å². The smallest absolute Gasteiger partial charge is 0.410 e. The Morgan fingerprint density at radius 3 is 2.54 bits per heavy atom. The number of ether oxygens (including phenoxy) is 1. The van der Waals surface area contributed by atoms with Crippen LogP contribution in [0.15, 0.2) is 15.6 Å². The predicted octanol–water partition coefficient (Wildman–Crippen LogP) is 2.40. The molecule has 26 heavy (non-hydrogen) atoms. The van der Waals surface area contributed by atoms with Gasteiger partial charge in [0.2, 0.25) is 5.78 Å². The number of amides is 1. The fourth-order valence-electron chi connectivity index (χ4n) is 3.06. The highest BCUT2D eigenvalue weighted by Crippen LogP contribution is 2.20. The van der Waals surface area contributed by atoms with E-state index in [1.54, 1.807) is 11.1 Å². The van der Waals surface area contributed by atoms with Gasteiger partial charge in [0.15, 0.2) is 0 Å². The molecular weight excluding hydrogens is 402 g/mol. The summed E-state index contributed by atoms with van der Waals surface area (Å²) in [6.45, 7) is 9.74. The lowest BCUT2D eigenvalue weighted by atomic mass is 10.2. The van der Waals surface area contributed by atoms with Crippen molar-refractivity contribution in [2.75, 3.05) is 31.1 Å². The monoisotopic (exact) mass is 425 g/mol. The first-order valence-electron chi connectivity index (χ1n) is 8.72. The molecular formula is C17H24BrN5O3. The van der Waals surface area contributed by atoms with Crippen LogP contribution in [0.4, 0.5) is 10.5 Å². The average molecular weight is 426 g/mol. The zero-order chi connectivity index (χ0) is 19.1. The Morgan fingerprint density at radius 2 is 1.96 bits per heavy atom. The van der Waals surface area contributed by atoms with Gasteiger partial charge in [0.1, 0.15) is 15.9 Å². The molecule has 9 heteroatoms. The Balaban J connectivity index is 1.83. The third kappa shape index (κ3) is 3.58. The Kier molecular flexibility index (Phi) is 5.01. The van der Waals surface area contributed by atoms with E-state index in [1.165, 1.54) is 4.40 Å². The fourth-order valence-corrected chi connectivity index (χ4v) is 3.49. The number of anilines is 1. The van der Waals surface area contributed by atoms with Crippen molar-refractivity contribution in [2.24, 2.45) is 0 Å². The van der Waals surface area contributed by atoms with Crippen molar-refractivity contribution in [1.82, 2.24) is 19.3 Å². The molecule has 0 unspecified atom stereocenters. The molecule has 1 aliphatic rings. The Bertz CT molecular complexity index is 875. The van der Waals surface area contributed by atoms with Gasteiger partial charge >= 0.3 is 6.09 Å². The van der Waals surface area contributed by atoms with Gasteiger partial charge in [0, 0.05) is 31.9 Å². The molecule has 0 radical (unpaired) electrons. The molecule has 1 N–H and O–H groups in total. The van der Waals surface area contributed by atoms with Crippen LogP contribution in [-0.4, -0.2) is 57.1 Å². The van der Waals surface area contributed by atoms with Gasteiger partial charge in [0.05, 0.1) is 6.20 Å². The van der Waals surface area contributed by atoms with Crippen LogP contribution in [0.25, 0.3) is 5.78 Å². The number of imidazole rings is 1. The highest BCUT2D eigenvalue weighted by atomic mass is 79.9. The maximum atomic E-state index is 13.0. The number of piperazine rings is 1. The van der Waals surface area contributed by atoms with Gasteiger partial charge in [-0.3, -0.25) is 4.79 Å². The van der Waals surface area contributed by atoms with E-state index in [-0.39, 0.29) is 11.7 Å². The molecule has 2 aromatic rings. The van der Waals surface area contributed by atoms with E-state index in [0.29, 0.717) is 48.7 Å². The number of H-pyrrole nitrogens is 1. The summed E-state index contributed by atoms with van der Waals surface area (Å²) >= 11 is 3.37. The Morgan fingerprint density at radius 1 is 1.31 bits per heavy atom. The lowest BCUT2D eigenvalue weighted by Gasteiger charge is -2.36. The molecule has 142 valence electrons. The number of nitrogens with one attached hydrogen (secondary N) is 1. The number of aryl methyl sites for hydroxylation is 1. The quantitative estimate of drug-likeness (QED) is 0.798. The number of rotatable bonds is 2. The molecule has 0 atom stereocenters. The van der Waals surface area contributed by atoms with Crippen molar-refractivity contribution in [3.63, 3.8) is 0 Å². The second-order valence-electron chi connectivity index (χ2n) is 7.31. The van der Waals surface area contributed by atoms with Gasteiger partial charge in [-0.15, -0.1) is 0 Å². The van der Waals surface area contributed by atoms with Crippen molar-refractivity contribution in [2.45, 2.75) is 39.7 Å². The SMILES string of the molecule is CCc1[nH]c2ncc(Br)n2c(=O)c1N1CCN(C(=O)OC(C)(C)C)CC1. The van der Waals surface area contributed by atoms with Crippen LogP contribution in [0.2, 0.25) is 0 Å². The largest absolute Gasteiger partial charge is 0.444 e. The minimum absolute atomic E-state index is 0.106. The molecule has 0 spiro atoms. The topological polar surface area (TPSA) is 82.9 Å². The molecule has 3 heterocycles. The molecule has 0 aliphatic carbocycles. The molecule has 0 saturated carbocycles. The summed E-state index contributed by atoms with van der Waals surface area (Å²) in [7, 11) is 0. The van der Waals surface area contributed by atoms with Gasteiger partial charge in [-0.25, -0.2) is 14.2 Å². The minimum Gasteiger partial charge on any atom is -0.444 e. The van der Waals surface area contributed by atoms with E-state index in [9.17, 15) is 9.59 Å². The van der Waals surface area contributed by atoms with E-state index >= 15 is 0 Å². The van der Waals surface area contributed by atoms with Crippen LogP contribution in [0.1, 0.15) is 33.4 Å². The first kappa shape index (κ1) is 18.8. The molecule has 1 saturated heterocycles. The lowest BCUT2D eigenvalue weighted by molar-refractivity contribution is 0.0240. The third-order valence-corrected chi connectivity index (χ3v) is 4.83. The van der Waals surface area contributed by atoms with Crippen LogP contribution in [0.3, 0.4) is 0 Å². The second kappa shape index (κ2) is 6.94. The molecule has 1 amide bonds. The summed E-state index contributed by atoms with van der Waals surface area (Å²) in [5.41, 5.74) is 0.874. The van der Waals surface area contributed by atoms with Gasteiger partial charge in [0.25, 0.3) is 5.56 Å². The number of carbonyl (C=O) groups excluding carboxylic acids is 1. The summed E-state index contributed by atoms with van der Waals surface area (Å²) in [6.07, 6.45) is 1.99. The summed E-state index contributed by atoms with van der Waals surface area (Å²) < 4.78 is 7.57. The normalized spacial score (nSPS) is 15.6. The lowest BCUT2D eigenvalue weighted by Crippen LogP contribution is -2.51. The molecule has 8 nitrogen and oxygen atoms in total. The highest BCUT2D eigenvalue weighted by Gasteiger charge is 2.28. The third-order valence-electron chi connectivity index (χ3n) is 4.27. The van der Waals surface area contributed by atoms with Crippen LogP contribution in [0, 0.1) is 0 Å². The summed E-state index contributed by atoms with van der Waals surface area (Å²) in [6, 6.07) is 0. The zero-order valence-corrected chi connectivity index (χ0v) is 17.1. The van der Waals surface area contributed by atoms with Crippen LogP contribution >= 0.6 is 15.9 Å². The summed E-state index contributed by atoms with van der Waals surface area (Å²) in [4.78, 5) is 36.4. The predicted molar refractivity (Wildman–Crippen MR) is 103 cm³/mol. The van der Waals surface area contributed by atoms with Gasteiger partial charge in [-0.05, 0) is 43.1 Å². The summed E-state index contributed by atoms with van der Waals surface area (Å²) in [5.74, 6) is 0.523. The highest BCUT2D eigenvalue weighted by molar-refractivity contribution is 9.10. The zero-order valence-electron chi connectivity index (χ0n) is 15.5.